The fourth-order valence-corrected chi connectivity index (χ4v) is 3.77. The molecule has 1 N–H and O–H groups in total. The second-order valence-electron chi connectivity index (χ2n) is 6.37. The van der Waals surface area contributed by atoms with Gasteiger partial charge in [-0.3, -0.25) is 14.6 Å². The third kappa shape index (κ3) is 2.56. The van der Waals surface area contributed by atoms with Gasteiger partial charge in [0.1, 0.15) is 6.54 Å². The van der Waals surface area contributed by atoms with Crippen molar-refractivity contribution in [2.24, 2.45) is 0 Å². The molecular weight excluding hydrogens is 290 g/mol. The number of nitrogens with zero attached hydrogens (tertiary/aromatic N) is 2. The summed E-state index contributed by atoms with van der Waals surface area (Å²) in [5.74, 6) is -0.105. The van der Waals surface area contributed by atoms with E-state index in [0.717, 1.165) is 36.6 Å². The predicted octanol–water partition coefficient (Wildman–Crippen LogP) is 2.12. The second-order valence-corrected chi connectivity index (χ2v) is 6.37. The van der Waals surface area contributed by atoms with Crippen molar-refractivity contribution in [2.45, 2.75) is 37.8 Å². The van der Waals surface area contributed by atoms with E-state index in [-0.39, 0.29) is 30.4 Å². The Kier molecular flexibility index (Phi) is 3.48. The molecule has 0 bridgehead atoms. The van der Waals surface area contributed by atoms with Gasteiger partial charge in [0.25, 0.3) is 5.91 Å². The SMILES string of the molecule is O=C1CN(C(=O)c2ccc3ncccc3c2)[C@H]2CCCC[C@H]2N1. The molecule has 0 unspecified atom stereocenters. The highest BCUT2D eigenvalue weighted by Crippen LogP contribution is 2.27. The number of hydrogen-bond donors (Lipinski definition) is 1. The lowest BCUT2D eigenvalue weighted by Gasteiger charge is -2.44. The summed E-state index contributed by atoms with van der Waals surface area (Å²) in [6.07, 6.45) is 5.90. The van der Waals surface area contributed by atoms with Crippen molar-refractivity contribution in [3.05, 3.63) is 42.1 Å². The summed E-state index contributed by atoms with van der Waals surface area (Å²) in [5.41, 5.74) is 1.50. The Labute approximate surface area is 134 Å². The molecule has 2 aliphatic rings. The molecule has 2 heterocycles. The molecule has 2 amide bonds. The van der Waals surface area contributed by atoms with Crippen LogP contribution >= 0.6 is 0 Å². The molecule has 5 nitrogen and oxygen atoms in total. The number of fused-ring (bicyclic) bond motifs is 2. The lowest BCUT2D eigenvalue weighted by molar-refractivity contribution is -0.127. The standard InChI is InChI=1S/C18H19N3O2/c22-17-11-21(16-6-2-1-5-15(16)20-17)18(23)13-7-8-14-12(10-13)4-3-9-19-14/h3-4,7-10,15-16H,1-2,5-6,11H2,(H,20,22)/t15-,16+/m1/s1. The Hall–Kier alpha value is -2.43. The molecule has 1 saturated carbocycles. The molecule has 1 aliphatic heterocycles. The Balaban J connectivity index is 1.66. The van der Waals surface area contributed by atoms with E-state index in [1.807, 2.05) is 30.3 Å². The zero-order valence-corrected chi connectivity index (χ0v) is 12.9. The quantitative estimate of drug-likeness (QED) is 0.877. The van der Waals surface area contributed by atoms with Crippen molar-refractivity contribution in [1.82, 2.24) is 15.2 Å². The molecule has 1 saturated heterocycles. The van der Waals surface area contributed by atoms with E-state index in [2.05, 4.69) is 10.3 Å². The molecule has 0 radical (unpaired) electrons. The molecular formula is C18H19N3O2. The number of hydrogen-bond acceptors (Lipinski definition) is 3. The average molecular weight is 309 g/mol. The normalized spacial score (nSPS) is 24.2. The Morgan fingerprint density at radius 1 is 1.22 bits per heavy atom. The van der Waals surface area contributed by atoms with Crippen LogP contribution in [0.4, 0.5) is 0 Å². The van der Waals surface area contributed by atoms with E-state index in [4.69, 9.17) is 0 Å². The number of rotatable bonds is 1. The molecule has 1 aliphatic carbocycles. The molecule has 118 valence electrons. The highest BCUT2D eigenvalue weighted by Gasteiger charge is 2.39. The molecule has 1 aromatic carbocycles. The fourth-order valence-electron chi connectivity index (χ4n) is 3.77. The van der Waals surface area contributed by atoms with Crippen LogP contribution in [-0.4, -0.2) is 40.3 Å². The van der Waals surface area contributed by atoms with E-state index in [9.17, 15) is 9.59 Å². The zero-order chi connectivity index (χ0) is 15.8. The van der Waals surface area contributed by atoms with Crippen LogP contribution in [0.5, 0.6) is 0 Å². The van der Waals surface area contributed by atoms with Gasteiger partial charge in [0.2, 0.25) is 5.91 Å². The minimum atomic E-state index is -0.0532. The largest absolute Gasteiger partial charge is 0.350 e. The van der Waals surface area contributed by atoms with Crippen molar-refractivity contribution in [2.75, 3.05) is 6.54 Å². The number of aromatic nitrogens is 1. The van der Waals surface area contributed by atoms with Gasteiger partial charge in [-0.2, -0.15) is 0 Å². The maximum atomic E-state index is 13.0. The number of benzene rings is 1. The van der Waals surface area contributed by atoms with Crippen LogP contribution in [0.3, 0.4) is 0 Å². The van der Waals surface area contributed by atoms with Crippen molar-refractivity contribution >= 4 is 22.7 Å². The minimum absolute atomic E-state index is 0.0519. The molecule has 1 aromatic heterocycles. The summed E-state index contributed by atoms with van der Waals surface area (Å²) in [4.78, 5) is 31.0. The summed E-state index contributed by atoms with van der Waals surface area (Å²) in [7, 11) is 0. The van der Waals surface area contributed by atoms with Crippen molar-refractivity contribution in [3.8, 4) is 0 Å². The first-order chi connectivity index (χ1) is 11.2. The predicted molar refractivity (Wildman–Crippen MR) is 87.0 cm³/mol. The van der Waals surface area contributed by atoms with E-state index in [0.29, 0.717) is 5.56 Å². The molecule has 2 atom stereocenters. The number of nitrogens with one attached hydrogen (secondary N) is 1. The molecule has 5 heteroatoms. The lowest BCUT2D eigenvalue weighted by atomic mass is 9.87. The van der Waals surface area contributed by atoms with Crippen LogP contribution in [0.1, 0.15) is 36.0 Å². The molecule has 4 rings (SSSR count). The molecule has 2 fully saturated rings. The van der Waals surface area contributed by atoms with E-state index in [1.165, 1.54) is 0 Å². The summed E-state index contributed by atoms with van der Waals surface area (Å²) < 4.78 is 0. The summed E-state index contributed by atoms with van der Waals surface area (Å²) in [5, 5.41) is 3.99. The van der Waals surface area contributed by atoms with Gasteiger partial charge in [0.05, 0.1) is 11.6 Å². The molecule has 2 aromatic rings. The van der Waals surface area contributed by atoms with E-state index >= 15 is 0 Å². The van der Waals surface area contributed by atoms with Gasteiger partial charge in [0, 0.05) is 23.2 Å². The number of carbonyl (C=O) groups excluding carboxylic acids is 2. The summed E-state index contributed by atoms with van der Waals surface area (Å²) in [6.45, 7) is 0.158. The van der Waals surface area contributed by atoms with Gasteiger partial charge < -0.3 is 10.2 Å². The summed E-state index contributed by atoms with van der Waals surface area (Å²) >= 11 is 0. The van der Waals surface area contributed by atoms with Gasteiger partial charge in [-0.25, -0.2) is 0 Å². The van der Waals surface area contributed by atoms with E-state index in [1.54, 1.807) is 11.1 Å². The third-order valence-corrected chi connectivity index (χ3v) is 4.90. The highest BCUT2D eigenvalue weighted by atomic mass is 16.2. The van der Waals surface area contributed by atoms with Gasteiger partial charge >= 0.3 is 0 Å². The first-order valence-corrected chi connectivity index (χ1v) is 8.17. The van der Waals surface area contributed by atoms with Crippen LogP contribution in [0.2, 0.25) is 0 Å². The van der Waals surface area contributed by atoms with Crippen LogP contribution in [0.25, 0.3) is 10.9 Å². The Morgan fingerprint density at radius 2 is 2.09 bits per heavy atom. The van der Waals surface area contributed by atoms with E-state index < -0.39 is 0 Å². The second kappa shape index (κ2) is 5.65. The zero-order valence-electron chi connectivity index (χ0n) is 12.9. The van der Waals surface area contributed by atoms with Gasteiger partial charge in [-0.1, -0.05) is 18.9 Å². The number of pyridine rings is 1. The van der Waals surface area contributed by atoms with Crippen LogP contribution in [0, 0.1) is 0 Å². The maximum Gasteiger partial charge on any atom is 0.254 e. The smallest absolute Gasteiger partial charge is 0.254 e. The van der Waals surface area contributed by atoms with Gasteiger partial charge in [-0.05, 0) is 37.1 Å². The monoisotopic (exact) mass is 309 g/mol. The van der Waals surface area contributed by atoms with Crippen molar-refractivity contribution in [3.63, 3.8) is 0 Å². The first kappa shape index (κ1) is 14.2. The molecule has 0 spiro atoms. The average Bonchev–Trinajstić information content (AvgIpc) is 2.60. The maximum absolute atomic E-state index is 13.0. The Bertz CT molecular complexity index is 774. The fraction of sp³-hybridized carbons (Fsp3) is 0.389. The summed E-state index contributed by atoms with van der Waals surface area (Å²) in [6, 6.07) is 9.59. The first-order valence-electron chi connectivity index (χ1n) is 8.17. The van der Waals surface area contributed by atoms with Gasteiger partial charge in [0.15, 0.2) is 0 Å². The van der Waals surface area contributed by atoms with Gasteiger partial charge in [-0.15, -0.1) is 0 Å². The van der Waals surface area contributed by atoms with Crippen molar-refractivity contribution < 1.29 is 9.59 Å². The van der Waals surface area contributed by atoms with Crippen LogP contribution < -0.4 is 5.32 Å². The topological polar surface area (TPSA) is 62.3 Å². The highest BCUT2D eigenvalue weighted by molar-refractivity contribution is 6.00. The third-order valence-electron chi connectivity index (χ3n) is 4.90. The minimum Gasteiger partial charge on any atom is -0.350 e. The number of amides is 2. The number of carbonyl (C=O) groups is 2. The Morgan fingerprint density at radius 3 is 3.00 bits per heavy atom. The number of piperazine rings is 1. The van der Waals surface area contributed by atoms with Crippen LogP contribution in [-0.2, 0) is 4.79 Å². The molecule has 23 heavy (non-hydrogen) atoms. The van der Waals surface area contributed by atoms with Crippen LogP contribution in [0.15, 0.2) is 36.5 Å². The lowest BCUT2D eigenvalue weighted by Crippen LogP contribution is -2.62. The van der Waals surface area contributed by atoms with Crippen molar-refractivity contribution in [1.29, 1.82) is 0 Å².